The van der Waals surface area contributed by atoms with E-state index in [1.807, 2.05) is 48.4 Å². The van der Waals surface area contributed by atoms with Crippen molar-refractivity contribution in [2.45, 2.75) is 64.6 Å². The van der Waals surface area contributed by atoms with Crippen molar-refractivity contribution in [2.75, 3.05) is 27.6 Å². The van der Waals surface area contributed by atoms with Crippen LogP contribution in [-0.4, -0.2) is 53.8 Å². The number of ether oxygens (including phenoxy) is 4. The lowest BCUT2D eigenvalue weighted by atomic mass is 9.86. The molecule has 44 heavy (non-hydrogen) atoms. The van der Waals surface area contributed by atoms with Gasteiger partial charge in [0.2, 0.25) is 16.2 Å². The van der Waals surface area contributed by atoms with E-state index in [0.29, 0.717) is 41.1 Å². The van der Waals surface area contributed by atoms with Crippen molar-refractivity contribution in [3.8, 4) is 17.4 Å². The number of methoxy groups -OCH3 is 3. The number of thiocarbonyl (C=S) groups is 1. The van der Waals surface area contributed by atoms with Crippen LogP contribution in [0.4, 0.5) is 0 Å². The number of rotatable bonds is 10. The zero-order chi connectivity index (χ0) is 32.0. The van der Waals surface area contributed by atoms with Gasteiger partial charge in [-0.3, -0.25) is 4.79 Å². The SMILES string of the molecule is COc1ccc(CN2C(=O)CC[C@@H]2C=C(c2ccc(C(C)(C)C)cc2)c2ccc(C(C)OC(=S)SC)c(OC)n2)c(OC)c1. The third-order valence-corrected chi connectivity index (χ3v) is 8.89. The Labute approximate surface area is 270 Å². The molecule has 0 aliphatic carbocycles. The normalized spacial score (nSPS) is 16.1. The Morgan fingerprint density at radius 2 is 1.80 bits per heavy atom. The molecule has 0 spiro atoms. The highest BCUT2D eigenvalue weighted by Crippen LogP contribution is 2.35. The number of aromatic nitrogens is 1. The summed E-state index contributed by atoms with van der Waals surface area (Å²) in [5.41, 5.74) is 5.66. The molecule has 1 saturated heterocycles. The van der Waals surface area contributed by atoms with Gasteiger partial charge in [0.05, 0.1) is 38.6 Å². The van der Waals surface area contributed by atoms with Crippen LogP contribution < -0.4 is 14.2 Å². The highest BCUT2D eigenvalue weighted by molar-refractivity contribution is 8.22. The molecule has 0 saturated carbocycles. The molecule has 0 bridgehead atoms. The number of thioether (sulfide) groups is 1. The van der Waals surface area contributed by atoms with E-state index in [2.05, 4.69) is 51.1 Å². The van der Waals surface area contributed by atoms with E-state index in [1.165, 1.54) is 17.3 Å². The highest BCUT2D eigenvalue weighted by Gasteiger charge is 2.31. The van der Waals surface area contributed by atoms with Crippen LogP contribution in [0.15, 0.2) is 60.7 Å². The molecule has 0 radical (unpaired) electrons. The fourth-order valence-corrected chi connectivity index (χ4v) is 5.69. The fourth-order valence-electron chi connectivity index (χ4n) is 5.30. The summed E-state index contributed by atoms with van der Waals surface area (Å²) < 4.78 is 23.1. The van der Waals surface area contributed by atoms with Gasteiger partial charge in [0.25, 0.3) is 0 Å². The lowest BCUT2D eigenvalue weighted by molar-refractivity contribution is -0.129. The number of hydrogen-bond donors (Lipinski definition) is 0. The van der Waals surface area contributed by atoms with Crippen LogP contribution in [0.1, 0.15) is 74.6 Å². The average molecular weight is 635 g/mol. The molecule has 1 aliphatic heterocycles. The molecule has 1 unspecified atom stereocenters. The number of hydrogen-bond acceptors (Lipinski definition) is 8. The molecule has 2 atom stereocenters. The maximum atomic E-state index is 13.2. The summed E-state index contributed by atoms with van der Waals surface area (Å²) in [6.45, 7) is 8.95. The summed E-state index contributed by atoms with van der Waals surface area (Å²) >= 11 is 6.66. The predicted octanol–water partition coefficient (Wildman–Crippen LogP) is 7.75. The van der Waals surface area contributed by atoms with Crippen molar-refractivity contribution in [1.29, 1.82) is 0 Å². The fraction of sp³-hybridized carbons (Fsp3) is 0.400. The van der Waals surface area contributed by atoms with Crippen LogP contribution >= 0.6 is 24.0 Å². The molecule has 1 aliphatic rings. The van der Waals surface area contributed by atoms with Crippen LogP contribution in [0.25, 0.3) is 5.57 Å². The van der Waals surface area contributed by atoms with E-state index in [-0.39, 0.29) is 23.5 Å². The van der Waals surface area contributed by atoms with Crippen molar-refractivity contribution in [3.05, 3.63) is 88.6 Å². The maximum Gasteiger partial charge on any atom is 0.223 e. The number of carbonyl (C=O) groups is 1. The van der Waals surface area contributed by atoms with E-state index in [9.17, 15) is 4.79 Å². The molecular formula is C35H42N2O5S2. The van der Waals surface area contributed by atoms with Gasteiger partial charge < -0.3 is 23.8 Å². The Balaban J connectivity index is 1.78. The Morgan fingerprint density at radius 3 is 2.41 bits per heavy atom. The molecule has 1 fully saturated rings. The first kappa shape index (κ1) is 33.3. The van der Waals surface area contributed by atoms with E-state index in [1.54, 1.807) is 21.3 Å². The van der Waals surface area contributed by atoms with E-state index < -0.39 is 0 Å². The van der Waals surface area contributed by atoms with Crippen LogP contribution in [0, 0.1) is 0 Å². The van der Waals surface area contributed by atoms with E-state index >= 15 is 0 Å². The molecular weight excluding hydrogens is 593 g/mol. The minimum absolute atomic E-state index is 0.0190. The maximum absolute atomic E-state index is 13.2. The molecule has 9 heteroatoms. The van der Waals surface area contributed by atoms with Gasteiger partial charge >= 0.3 is 0 Å². The second-order valence-electron chi connectivity index (χ2n) is 11.7. The van der Waals surface area contributed by atoms with Crippen LogP contribution in [0.2, 0.25) is 0 Å². The third kappa shape index (κ3) is 7.74. The zero-order valence-electron chi connectivity index (χ0n) is 26.8. The van der Waals surface area contributed by atoms with Crippen LogP contribution in [0.5, 0.6) is 17.4 Å². The first-order valence-electron chi connectivity index (χ1n) is 14.6. The number of carbonyl (C=O) groups excluding carboxylic acids is 1. The van der Waals surface area contributed by atoms with Gasteiger partial charge in [-0.05, 0) is 72.6 Å². The van der Waals surface area contributed by atoms with Gasteiger partial charge in [0.15, 0.2) is 0 Å². The molecule has 2 heterocycles. The molecule has 234 valence electrons. The summed E-state index contributed by atoms with van der Waals surface area (Å²) in [7, 11) is 4.86. The molecule has 1 amide bonds. The second kappa shape index (κ2) is 14.5. The lowest BCUT2D eigenvalue weighted by Crippen LogP contribution is -2.31. The van der Waals surface area contributed by atoms with Crippen molar-refractivity contribution in [1.82, 2.24) is 9.88 Å². The molecule has 0 N–H and O–H groups in total. The largest absolute Gasteiger partial charge is 0.497 e. The Bertz CT molecular complexity index is 1510. The molecule has 1 aromatic heterocycles. The number of amides is 1. The van der Waals surface area contributed by atoms with Crippen LogP contribution in [-0.2, 0) is 21.5 Å². The monoisotopic (exact) mass is 634 g/mol. The highest BCUT2D eigenvalue weighted by atomic mass is 32.2. The van der Waals surface area contributed by atoms with Gasteiger partial charge in [0.1, 0.15) is 17.6 Å². The number of likely N-dealkylation sites (tertiary alicyclic amines) is 1. The van der Waals surface area contributed by atoms with Crippen molar-refractivity contribution in [2.24, 2.45) is 0 Å². The standard InChI is InChI=1S/C35H42N2O5S2/c1-22(42-34(43)44-8)28-16-17-30(36-33(28)41-7)29(23-9-12-25(13-10-23)35(2,3)4)19-26-14-18-32(38)37(26)21-24-11-15-27(39-5)20-31(24)40-6/h9-13,15-17,19-20,22,26H,14,18,21H2,1-8H3/t22?,26-/m1/s1. The summed E-state index contributed by atoms with van der Waals surface area (Å²) in [5.74, 6) is 1.96. The molecule has 4 rings (SSSR count). The number of nitrogens with zero attached hydrogens (tertiary/aromatic N) is 2. The van der Waals surface area contributed by atoms with Crippen molar-refractivity contribution in [3.63, 3.8) is 0 Å². The molecule has 7 nitrogen and oxygen atoms in total. The lowest BCUT2D eigenvalue weighted by Gasteiger charge is -2.25. The summed E-state index contributed by atoms with van der Waals surface area (Å²) in [6, 6.07) is 18.1. The quantitative estimate of drug-likeness (QED) is 0.210. The Kier molecular flexibility index (Phi) is 11.0. The van der Waals surface area contributed by atoms with Gasteiger partial charge in [-0.2, -0.15) is 0 Å². The molecule has 2 aromatic carbocycles. The zero-order valence-corrected chi connectivity index (χ0v) is 28.4. The second-order valence-corrected chi connectivity index (χ2v) is 13.1. The smallest absolute Gasteiger partial charge is 0.223 e. The Morgan fingerprint density at radius 1 is 1.07 bits per heavy atom. The number of benzene rings is 2. The van der Waals surface area contributed by atoms with Gasteiger partial charge in [0, 0.05) is 30.2 Å². The predicted molar refractivity (Wildman–Crippen MR) is 182 cm³/mol. The minimum Gasteiger partial charge on any atom is -0.497 e. The van der Waals surface area contributed by atoms with Crippen molar-refractivity contribution < 1.29 is 23.7 Å². The minimum atomic E-state index is -0.327. The average Bonchev–Trinajstić information content (AvgIpc) is 3.37. The van der Waals surface area contributed by atoms with E-state index in [4.69, 9.17) is 36.1 Å². The summed E-state index contributed by atoms with van der Waals surface area (Å²) in [6.07, 6.45) is 4.89. The van der Waals surface area contributed by atoms with E-state index in [0.717, 1.165) is 28.0 Å². The van der Waals surface area contributed by atoms with Gasteiger partial charge in [-0.15, -0.1) is 0 Å². The van der Waals surface area contributed by atoms with Crippen LogP contribution in [0.3, 0.4) is 0 Å². The van der Waals surface area contributed by atoms with Crippen molar-refractivity contribution >= 4 is 39.8 Å². The molecule has 3 aromatic rings. The first-order valence-corrected chi connectivity index (χ1v) is 16.2. The topological polar surface area (TPSA) is 70.1 Å². The summed E-state index contributed by atoms with van der Waals surface area (Å²) in [4.78, 5) is 20.1. The summed E-state index contributed by atoms with van der Waals surface area (Å²) in [5, 5.41) is 0. The van der Waals surface area contributed by atoms with Gasteiger partial charge in [-0.25, -0.2) is 4.98 Å². The third-order valence-electron chi connectivity index (χ3n) is 7.87. The first-order chi connectivity index (χ1) is 21.0. The van der Waals surface area contributed by atoms with Gasteiger partial charge in [-0.1, -0.05) is 62.9 Å². The Hall–Kier alpha value is -3.56. The number of pyridine rings is 1.